The summed E-state index contributed by atoms with van der Waals surface area (Å²) in [4.78, 5) is 11.9. The summed E-state index contributed by atoms with van der Waals surface area (Å²) in [5.74, 6) is 0.393. The Morgan fingerprint density at radius 1 is 1.14 bits per heavy atom. The van der Waals surface area contributed by atoms with Crippen LogP contribution < -0.4 is 10.6 Å². The van der Waals surface area contributed by atoms with Gasteiger partial charge in [-0.3, -0.25) is 4.79 Å². The van der Waals surface area contributed by atoms with Gasteiger partial charge in [-0.15, -0.1) is 0 Å². The van der Waals surface area contributed by atoms with Crippen LogP contribution in [0.3, 0.4) is 0 Å². The first-order chi connectivity index (χ1) is 9.88. The molecule has 0 saturated heterocycles. The average Bonchev–Trinajstić information content (AvgIpc) is 2.40. The van der Waals surface area contributed by atoms with Crippen LogP contribution in [0.4, 0.5) is 4.39 Å². The molecule has 1 rings (SSSR count). The second-order valence-electron chi connectivity index (χ2n) is 6.09. The van der Waals surface area contributed by atoms with Crippen molar-refractivity contribution in [2.75, 3.05) is 6.54 Å². The van der Waals surface area contributed by atoms with E-state index in [4.69, 9.17) is 0 Å². The molecule has 2 unspecified atom stereocenters. The predicted molar refractivity (Wildman–Crippen MR) is 84.6 cm³/mol. The molecule has 0 spiro atoms. The Bertz CT molecular complexity index is 431. The van der Waals surface area contributed by atoms with Gasteiger partial charge in [-0.05, 0) is 50.3 Å². The van der Waals surface area contributed by atoms with Crippen molar-refractivity contribution in [2.24, 2.45) is 5.92 Å². The maximum Gasteiger partial charge on any atom is 0.236 e. The van der Waals surface area contributed by atoms with E-state index in [2.05, 4.69) is 24.5 Å². The molecule has 1 aromatic carbocycles. The Hall–Kier alpha value is -1.42. The molecule has 2 atom stereocenters. The molecule has 0 fully saturated rings. The zero-order valence-electron chi connectivity index (χ0n) is 13.4. The van der Waals surface area contributed by atoms with E-state index >= 15 is 0 Å². The summed E-state index contributed by atoms with van der Waals surface area (Å²) >= 11 is 0. The maximum atomic E-state index is 12.8. The third-order valence-electron chi connectivity index (χ3n) is 3.40. The number of rotatable bonds is 8. The van der Waals surface area contributed by atoms with Crippen LogP contribution in [0.25, 0.3) is 0 Å². The monoisotopic (exact) mass is 294 g/mol. The zero-order valence-corrected chi connectivity index (χ0v) is 13.4. The van der Waals surface area contributed by atoms with E-state index < -0.39 is 0 Å². The molecule has 0 aliphatic heterocycles. The van der Waals surface area contributed by atoms with Crippen molar-refractivity contribution in [3.63, 3.8) is 0 Å². The van der Waals surface area contributed by atoms with E-state index in [1.165, 1.54) is 12.1 Å². The van der Waals surface area contributed by atoms with Gasteiger partial charge in [0.15, 0.2) is 0 Å². The molecule has 0 heterocycles. The molecule has 0 radical (unpaired) electrons. The smallest absolute Gasteiger partial charge is 0.236 e. The Morgan fingerprint density at radius 3 is 2.33 bits per heavy atom. The topological polar surface area (TPSA) is 41.1 Å². The molecule has 0 aliphatic carbocycles. The van der Waals surface area contributed by atoms with Crippen molar-refractivity contribution in [3.8, 4) is 0 Å². The number of benzene rings is 1. The lowest BCUT2D eigenvalue weighted by molar-refractivity contribution is -0.122. The van der Waals surface area contributed by atoms with Crippen LogP contribution in [0.2, 0.25) is 0 Å². The largest absolute Gasteiger partial charge is 0.355 e. The number of hydrogen-bond donors (Lipinski definition) is 2. The molecular weight excluding hydrogens is 267 g/mol. The van der Waals surface area contributed by atoms with Crippen LogP contribution in [0, 0.1) is 11.7 Å². The first-order valence-electron chi connectivity index (χ1n) is 7.66. The number of carbonyl (C=O) groups excluding carboxylic acids is 1. The summed E-state index contributed by atoms with van der Waals surface area (Å²) in [6.07, 6.45) is 1.76. The SMILES string of the molecule is CC(C)CCNC(=O)C(C)NC(C)Cc1ccc(F)cc1. The van der Waals surface area contributed by atoms with Crippen molar-refractivity contribution in [2.45, 2.75) is 52.6 Å². The van der Waals surface area contributed by atoms with Gasteiger partial charge in [-0.1, -0.05) is 26.0 Å². The van der Waals surface area contributed by atoms with Gasteiger partial charge in [0, 0.05) is 12.6 Å². The molecular formula is C17H27FN2O. The van der Waals surface area contributed by atoms with Gasteiger partial charge in [-0.25, -0.2) is 4.39 Å². The molecule has 0 bridgehead atoms. The number of halogens is 1. The van der Waals surface area contributed by atoms with Crippen LogP contribution in [-0.4, -0.2) is 24.5 Å². The molecule has 0 aliphatic rings. The summed E-state index contributed by atoms with van der Waals surface area (Å²) < 4.78 is 12.8. The fourth-order valence-corrected chi connectivity index (χ4v) is 2.17. The van der Waals surface area contributed by atoms with Gasteiger partial charge in [0.05, 0.1) is 6.04 Å². The van der Waals surface area contributed by atoms with Crippen LogP contribution in [-0.2, 0) is 11.2 Å². The van der Waals surface area contributed by atoms with Gasteiger partial charge in [0.25, 0.3) is 0 Å². The van der Waals surface area contributed by atoms with Crippen LogP contribution >= 0.6 is 0 Å². The lowest BCUT2D eigenvalue weighted by atomic mass is 10.1. The van der Waals surface area contributed by atoms with Gasteiger partial charge in [0.2, 0.25) is 5.91 Å². The quantitative estimate of drug-likeness (QED) is 0.774. The molecule has 2 N–H and O–H groups in total. The standard InChI is InChI=1S/C17H27FN2O/c1-12(2)9-10-19-17(21)14(4)20-13(3)11-15-5-7-16(18)8-6-15/h5-8,12-14,20H,9-11H2,1-4H3,(H,19,21). The Morgan fingerprint density at radius 2 is 1.76 bits per heavy atom. The number of nitrogens with one attached hydrogen (secondary N) is 2. The molecule has 118 valence electrons. The Kier molecular flexibility index (Phi) is 7.37. The van der Waals surface area contributed by atoms with E-state index in [-0.39, 0.29) is 23.8 Å². The van der Waals surface area contributed by atoms with Crippen molar-refractivity contribution in [1.29, 1.82) is 0 Å². The van der Waals surface area contributed by atoms with Crippen LogP contribution in [0.5, 0.6) is 0 Å². The minimum atomic E-state index is -0.229. The van der Waals surface area contributed by atoms with Gasteiger partial charge >= 0.3 is 0 Å². The Balaban J connectivity index is 2.33. The zero-order chi connectivity index (χ0) is 15.8. The van der Waals surface area contributed by atoms with E-state index in [1.807, 2.05) is 13.8 Å². The predicted octanol–water partition coefficient (Wildman–Crippen LogP) is 2.90. The highest BCUT2D eigenvalue weighted by Crippen LogP contribution is 2.06. The molecule has 1 aromatic rings. The van der Waals surface area contributed by atoms with Gasteiger partial charge in [0.1, 0.15) is 5.82 Å². The summed E-state index contributed by atoms with van der Waals surface area (Å²) in [5.41, 5.74) is 1.06. The average molecular weight is 294 g/mol. The molecule has 3 nitrogen and oxygen atoms in total. The van der Waals surface area contributed by atoms with E-state index in [0.717, 1.165) is 24.9 Å². The first-order valence-corrected chi connectivity index (χ1v) is 7.66. The molecule has 0 aromatic heterocycles. The highest BCUT2D eigenvalue weighted by molar-refractivity contribution is 5.81. The van der Waals surface area contributed by atoms with Crippen LogP contribution in [0.15, 0.2) is 24.3 Å². The number of amides is 1. The highest BCUT2D eigenvalue weighted by atomic mass is 19.1. The van der Waals surface area contributed by atoms with Crippen molar-refractivity contribution in [3.05, 3.63) is 35.6 Å². The molecule has 21 heavy (non-hydrogen) atoms. The number of hydrogen-bond acceptors (Lipinski definition) is 2. The second kappa shape index (κ2) is 8.78. The fourth-order valence-electron chi connectivity index (χ4n) is 2.17. The molecule has 1 amide bonds. The van der Waals surface area contributed by atoms with E-state index in [9.17, 15) is 9.18 Å². The Labute approximate surface area is 127 Å². The molecule has 4 heteroatoms. The lowest BCUT2D eigenvalue weighted by Crippen LogP contribution is -2.46. The minimum Gasteiger partial charge on any atom is -0.355 e. The van der Waals surface area contributed by atoms with Crippen molar-refractivity contribution in [1.82, 2.24) is 10.6 Å². The molecule has 0 saturated carbocycles. The highest BCUT2D eigenvalue weighted by Gasteiger charge is 2.15. The first kappa shape index (κ1) is 17.6. The lowest BCUT2D eigenvalue weighted by Gasteiger charge is -2.20. The fraction of sp³-hybridized carbons (Fsp3) is 0.588. The van der Waals surface area contributed by atoms with Crippen molar-refractivity contribution < 1.29 is 9.18 Å². The van der Waals surface area contributed by atoms with Crippen LogP contribution in [0.1, 0.15) is 39.7 Å². The van der Waals surface area contributed by atoms with E-state index in [0.29, 0.717) is 5.92 Å². The summed E-state index contributed by atoms with van der Waals surface area (Å²) in [5, 5.41) is 6.21. The third-order valence-corrected chi connectivity index (χ3v) is 3.40. The van der Waals surface area contributed by atoms with E-state index in [1.54, 1.807) is 12.1 Å². The summed E-state index contributed by atoms with van der Waals surface area (Å²) in [7, 11) is 0. The normalized spacial score (nSPS) is 14.0. The summed E-state index contributed by atoms with van der Waals surface area (Å²) in [6, 6.07) is 6.41. The summed E-state index contributed by atoms with van der Waals surface area (Å²) in [6.45, 7) is 8.89. The van der Waals surface area contributed by atoms with Crippen molar-refractivity contribution >= 4 is 5.91 Å². The van der Waals surface area contributed by atoms with Gasteiger partial charge in [-0.2, -0.15) is 0 Å². The number of carbonyl (C=O) groups is 1. The third kappa shape index (κ3) is 7.23. The maximum absolute atomic E-state index is 12.8. The van der Waals surface area contributed by atoms with Gasteiger partial charge < -0.3 is 10.6 Å². The minimum absolute atomic E-state index is 0.0293. The second-order valence-corrected chi connectivity index (χ2v) is 6.09.